The predicted molar refractivity (Wildman–Crippen MR) is 84.1 cm³/mol. The molecule has 3 rings (SSSR count). The highest BCUT2D eigenvalue weighted by Crippen LogP contribution is 2.32. The van der Waals surface area contributed by atoms with E-state index in [1.807, 2.05) is 29.3 Å². The monoisotopic (exact) mass is 303 g/mol. The van der Waals surface area contributed by atoms with Crippen molar-refractivity contribution in [2.45, 2.75) is 44.2 Å². The van der Waals surface area contributed by atoms with Crippen LogP contribution in [0.4, 0.5) is 0 Å². The van der Waals surface area contributed by atoms with E-state index in [0.717, 1.165) is 64.1 Å². The van der Waals surface area contributed by atoms with E-state index in [1.54, 1.807) is 0 Å². The molecule has 0 radical (unpaired) electrons. The van der Waals surface area contributed by atoms with Gasteiger partial charge in [-0.25, -0.2) is 0 Å². The lowest BCUT2D eigenvalue weighted by atomic mass is 9.97. The minimum atomic E-state index is -0.734. The van der Waals surface area contributed by atoms with E-state index in [1.165, 1.54) is 0 Å². The summed E-state index contributed by atoms with van der Waals surface area (Å²) in [4.78, 5) is 20.9. The van der Waals surface area contributed by atoms with Gasteiger partial charge in [0.05, 0.1) is 17.7 Å². The molecular weight excluding hydrogens is 278 g/mol. The Morgan fingerprint density at radius 1 is 1.18 bits per heavy atom. The molecule has 1 aliphatic heterocycles. The second-order valence-electron chi connectivity index (χ2n) is 6.59. The number of amides is 1. The fraction of sp³-hybridized carbons (Fsp3) is 0.647. The zero-order valence-electron chi connectivity index (χ0n) is 13.1. The normalized spacial score (nSPS) is 22.0. The Hall–Kier alpha value is -1.46. The summed E-state index contributed by atoms with van der Waals surface area (Å²) in [6, 6.07) is 5.96. The molecular formula is C17H25N3O2. The maximum absolute atomic E-state index is 12.4. The van der Waals surface area contributed by atoms with Gasteiger partial charge >= 0.3 is 0 Å². The number of pyridine rings is 1. The Labute approximate surface area is 131 Å². The summed E-state index contributed by atoms with van der Waals surface area (Å²) in [5.41, 5.74) is 0.338. The highest BCUT2D eigenvalue weighted by molar-refractivity contribution is 5.77. The predicted octanol–water partition coefficient (Wildman–Crippen LogP) is 1.42. The van der Waals surface area contributed by atoms with Gasteiger partial charge in [0.15, 0.2) is 0 Å². The molecule has 0 bridgehead atoms. The van der Waals surface area contributed by atoms with Gasteiger partial charge in [0.25, 0.3) is 0 Å². The van der Waals surface area contributed by atoms with Gasteiger partial charge < -0.3 is 10.0 Å². The quantitative estimate of drug-likeness (QED) is 0.914. The molecule has 5 nitrogen and oxygen atoms in total. The van der Waals surface area contributed by atoms with Gasteiger partial charge in [-0.2, -0.15) is 0 Å². The molecule has 2 fully saturated rings. The molecule has 120 valence electrons. The smallest absolute Gasteiger partial charge is 0.225 e. The number of piperazine rings is 1. The average molecular weight is 303 g/mol. The number of carbonyl (C=O) groups is 1. The molecule has 2 aliphatic rings. The Morgan fingerprint density at radius 2 is 1.91 bits per heavy atom. The molecule has 1 aliphatic carbocycles. The Balaban J connectivity index is 1.46. The molecule has 0 unspecified atom stereocenters. The van der Waals surface area contributed by atoms with Gasteiger partial charge in [-0.05, 0) is 25.0 Å². The summed E-state index contributed by atoms with van der Waals surface area (Å²) in [5.74, 6) is 0.113. The first-order valence-corrected chi connectivity index (χ1v) is 8.27. The van der Waals surface area contributed by atoms with E-state index in [4.69, 9.17) is 0 Å². The van der Waals surface area contributed by atoms with Crippen molar-refractivity contribution in [1.29, 1.82) is 0 Å². The number of nitrogens with zero attached hydrogens (tertiary/aromatic N) is 3. The summed E-state index contributed by atoms with van der Waals surface area (Å²) in [6.07, 6.45) is 5.75. The van der Waals surface area contributed by atoms with Crippen molar-refractivity contribution in [3.05, 3.63) is 30.1 Å². The number of aliphatic hydroxyl groups is 1. The van der Waals surface area contributed by atoms with Crippen LogP contribution in [0, 0.1) is 0 Å². The second kappa shape index (κ2) is 6.75. The number of carbonyl (C=O) groups excluding carboxylic acids is 1. The van der Waals surface area contributed by atoms with Gasteiger partial charge in [-0.3, -0.25) is 14.7 Å². The van der Waals surface area contributed by atoms with E-state index in [-0.39, 0.29) is 5.91 Å². The summed E-state index contributed by atoms with van der Waals surface area (Å²) in [7, 11) is 0. The molecule has 1 saturated carbocycles. The molecule has 0 spiro atoms. The summed E-state index contributed by atoms with van der Waals surface area (Å²) >= 11 is 0. The number of rotatable bonds is 4. The van der Waals surface area contributed by atoms with Crippen LogP contribution in [0.3, 0.4) is 0 Å². The van der Waals surface area contributed by atoms with Crippen molar-refractivity contribution >= 4 is 5.91 Å². The van der Waals surface area contributed by atoms with Gasteiger partial charge in [0.1, 0.15) is 0 Å². The summed E-state index contributed by atoms with van der Waals surface area (Å²) in [5, 5.41) is 10.4. The molecule has 0 aromatic carbocycles. The Kier molecular flexibility index (Phi) is 4.74. The molecule has 1 aromatic heterocycles. The topological polar surface area (TPSA) is 56.7 Å². The van der Waals surface area contributed by atoms with Crippen molar-refractivity contribution in [3.8, 4) is 0 Å². The third-order valence-electron chi connectivity index (χ3n) is 4.85. The van der Waals surface area contributed by atoms with Crippen molar-refractivity contribution in [2.75, 3.05) is 26.2 Å². The van der Waals surface area contributed by atoms with Crippen LogP contribution < -0.4 is 0 Å². The van der Waals surface area contributed by atoms with E-state index in [2.05, 4.69) is 9.88 Å². The highest BCUT2D eigenvalue weighted by Gasteiger charge is 2.35. The average Bonchev–Trinajstić information content (AvgIpc) is 2.95. The van der Waals surface area contributed by atoms with Crippen LogP contribution in [0.25, 0.3) is 0 Å². The Morgan fingerprint density at radius 3 is 2.55 bits per heavy atom. The highest BCUT2D eigenvalue weighted by atomic mass is 16.3. The molecule has 1 amide bonds. The van der Waals surface area contributed by atoms with Crippen molar-refractivity contribution in [3.63, 3.8) is 0 Å². The van der Waals surface area contributed by atoms with Crippen LogP contribution in [-0.2, 0) is 11.3 Å². The van der Waals surface area contributed by atoms with Gasteiger partial charge in [0, 0.05) is 38.9 Å². The van der Waals surface area contributed by atoms with Crippen LogP contribution in [0.2, 0.25) is 0 Å². The second-order valence-corrected chi connectivity index (χ2v) is 6.59. The fourth-order valence-corrected chi connectivity index (χ4v) is 3.48. The fourth-order valence-electron chi connectivity index (χ4n) is 3.48. The number of aromatic nitrogens is 1. The first-order chi connectivity index (χ1) is 10.6. The maximum atomic E-state index is 12.4. The minimum absolute atomic E-state index is 0.113. The minimum Gasteiger partial charge on any atom is -0.389 e. The molecule has 1 saturated heterocycles. The lowest BCUT2D eigenvalue weighted by Crippen LogP contribution is -2.49. The van der Waals surface area contributed by atoms with Crippen LogP contribution in [0.5, 0.6) is 0 Å². The van der Waals surface area contributed by atoms with Crippen molar-refractivity contribution in [1.82, 2.24) is 14.8 Å². The molecule has 2 heterocycles. The largest absolute Gasteiger partial charge is 0.389 e. The zero-order chi connectivity index (χ0) is 15.4. The number of hydrogen-bond acceptors (Lipinski definition) is 4. The molecule has 5 heteroatoms. The molecule has 1 N–H and O–H groups in total. The van der Waals surface area contributed by atoms with Crippen LogP contribution in [-0.4, -0.2) is 57.6 Å². The van der Waals surface area contributed by atoms with E-state index < -0.39 is 5.60 Å². The summed E-state index contributed by atoms with van der Waals surface area (Å²) in [6.45, 7) is 4.10. The summed E-state index contributed by atoms with van der Waals surface area (Å²) < 4.78 is 0. The third-order valence-corrected chi connectivity index (χ3v) is 4.85. The van der Waals surface area contributed by atoms with E-state index in [9.17, 15) is 9.90 Å². The van der Waals surface area contributed by atoms with Gasteiger partial charge in [0.2, 0.25) is 5.91 Å². The van der Waals surface area contributed by atoms with Crippen LogP contribution >= 0.6 is 0 Å². The lowest BCUT2D eigenvalue weighted by molar-refractivity contribution is -0.138. The van der Waals surface area contributed by atoms with Crippen molar-refractivity contribution < 1.29 is 9.90 Å². The molecule has 1 aromatic rings. The first-order valence-electron chi connectivity index (χ1n) is 8.27. The first kappa shape index (κ1) is 15.4. The van der Waals surface area contributed by atoms with E-state index >= 15 is 0 Å². The van der Waals surface area contributed by atoms with Gasteiger partial charge in [-0.15, -0.1) is 0 Å². The standard InChI is InChI=1S/C17H25N3O2/c21-16(13-17(22)6-2-3-7-17)20-11-9-19(10-12-20)14-15-5-1-4-8-18-15/h1,4-5,8,22H,2-3,6-7,9-14H2. The third kappa shape index (κ3) is 3.84. The van der Waals surface area contributed by atoms with Crippen LogP contribution in [0.15, 0.2) is 24.4 Å². The SMILES string of the molecule is O=C(CC1(O)CCCC1)N1CCN(Cc2ccccn2)CC1. The van der Waals surface area contributed by atoms with E-state index in [0.29, 0.717) is 6.42 Å². The van der Waals surface area contributed by atoms with Gasteiger partial charge in [-0.1, -0.05) is 18.9 Å². The van der Waals surface area contributed by atoms with Crippen molar-refractivity contribution in [2.24, 2.45) is 0 Å². The molecule has 22 heavy (non-hydrogen) atoms. The zero-order valence-corrected chi connectivity index (χ0v) is 13.1. The maximum Gasteiger partial charge on any atom is 0.225 e. The molecule has 0 atom stereocenters. The van der Waals surface area contributed by atoms with Crippen LogP contribution in [0.1, 0.15) is 37.8 Å². The Bertz CT molecular complexity index is 492. The number of hydrogen-bond donors (Lipinski definition) is 1. The lowest BCUT2D eigenvalue weighted by Gasteiger charge is -2.36.